The van der Waals surface area contributed by atoms with Gasteiger partial charge in [-0.1, -0.05) is 11.6 Å². The number of aromatic nitrogens is 1. The van der Waals surface area contributed by atoms with Crippen molar-refractivity contribution in [1.29, 1.82) is 0 Å². The van der Waals surface area contributed by atoms with Crippen LogP contribution in [0.15, 0.2) is 29.2 Å². The highest BCUT2D eigenvalue weighted by Gasteiger charge is 2.14. The summed E-state index contributed by atoms with van der Waals surface area (Å²) in [5.74, 6) is -0.327. The van der Waals surface area contributed by atoms with Crippen LogP contribution in [0.3, 0.4) is 0 Å². The zero-order chi connectivity index (χ0) is 16.1. The Kier molecular flexibility index (Phi) is 5.33. The lowest BCUT2D eigenvalue weighted by atomic mass is 10.1. The van der Waals surface area contributed by atoms with E-state index >= 15 is 0 Å². The summed E-state index contributed by atoms with van der Waals surface area (Å²) in [4.78, 5) is 24.8. The van der Waals surface area contributed by atoms with Crippen LogP contribution in [0, 0.1) is 6.92 Å². The Morgan fingerprint density at radius 1 is 1.36 bits per heavy atom. The van der Waals surface area contributed by atoms with Crippen LogP contribution in [0.4, 0.5) is 0 Å². The van der Waals surface area contributed by atoms with Crippen molar-refractivity contribution < 1.29 is 9.53 Å². The smallest absolute Gasteiger partial charge is 0.256 e. The number of ether oxygens (including phenoxy) is 1. The van der Waals surface area contributed by atoms with Gasteiger partial charge in [-0.3, -0.25) is 9.59 Å². The highest BCUT2D eigenvalue weighted by molar-refractivity contribution is 5.97. The van der Waals surface area contributed by atoms with E-state index in [1.165, 1.54) is 0 Å². The van der Waals surface area contributed by atoms with Crippen molar-refractivity contribution in [2.45, 2.75) is 26.8 Å². The third-order valence-corrected chi connectivity index (χ3v) is 3.63. The fourth-order valence-corrected chi connectivity index (χ4v) is 2.45. The lowest BCUT2D eigenvalue weighted by molar-refractivity contribution is 0.0947. The van der Waals surface area contributed by atoms with Crippen molar-refractivity contribution in [1.82, 2.24) is 9.88 Å². The van der Waals surface area contributed by atoms with Gasteiger partial charge in [-0.25, -0.2) is 0 Å². The van der Waals surface area contributed by atoms with Crippen LogP contribution in [-0.2, 0) is 11.3 Å². The molecule has 1 amide bonds. The second-order valence-electron chi connectivity index (χ2n) is 5.28. The number of nitrogens with one attached hydrogen (secondary N) is 1. The number of rotatable bonds is 6. The average Bonchev–Trinajstić information content (AvgIpc) is 2.52. The molecule has 0 spiro atoms. The minimum atomic E-state index is -0.327. The molecule has 0 atom stereocenters. The first-order valence-corrected chi connectivity index (χ1v) is 7.49. The highest BCUT2D eigenvalue weighted by Crippen LogP contribution is 2.14. The third kappa shape index (κ3) is 3.36. The summed E-state index contributed by atoms with van der Waals surface area (Å²) in [6.45, 7) is 5.70. The molecule has 2 rings (SSSR count). The van der Waals surface area contributed by atoms with Gasteiger partial charge in [-0.15, -0.1) is 0 Å². The van der Waals surface area contributed by atoms with Crippen LogP contribution < -0.4 is 10.7 Å². The van der Waals surface area contributed by atoms with Crippen LogP contribution in [0.5, 0.6) is 0 Å². The Morgan fingerprint density at radius 3 is 2.82 bits per heavy atom. The van der Waals surface area contributed by atoms with Gasteiger partial charge in [0.25, 0.3) is 5.91 Å². The summed E-state index contributed by atoms with van der Waals surface area (Å²) in [6.07, 6.45) is 2.36. The molecule has 5 heteroatoms. The monoisotopic (exact) mass is 302 g/mol. The van der Waals surface area contributed by atoms with E-state index in [1.54, 1.807) is 13.3 Å². The molecule has 1 aromatic heterocycles. The molecule has 0 fully saturated rings. The zero-order valence-electron chi connectivity index (χ0n) is 13.3. The molecule has 0 saturated carbocycles. The number of hydrogen-bond acceptors (Lipinski definition) is 3. The molecule has 118 valence electrons. The Morgan fingerprint density at radius 2 is 2.14 bits per heavy atom. The van der Waals surface area contributed by atoms with Crippen molar-refractivity contribution in [3.63, 3.8) is 0 Å². The van der Waals surface area contributed by atoms with Gasteiger partial charge >= 0.3 is 0 Å². The molecule has 0 saturated heterocycles. The maximum Gasteiger partial charge on any atom is 0.256 e. The summed E-state index contributed by atoms with van der Waals surface area (Å²) in [5, 5.41) is 3.36. The van der Waals surface area contributed by atoms with Crippen LogP contribution in [0.2, 0.25) is 0 Å². The minimum Gasteiger partial charge on any atom is -0.385 e. The summed E-state index contributed by atoms with van der Waals surface area (Å²) in [7, 11) is 1.62. The second kappa shape index (κ2) is 7.22. The zero-order valence-corrected chi connectivity index (χ0v) is 13.3. The Hall–Kier alpha value is -2.14. The topological polar surface area (TPSA) is 60.3 Å². The number of aryl methyl sites for hydroxylation is 2. The number of fused-ring (bicyclic) bond motifs is 1. The normalized spacial score (nSPS) is 10.9. The molecule has 22 heavy (non-hydrogen) atoms. The predicted octanol–water partition coefficient (Wildman–Crippen LogP) is 2.10. The van der Waals surface area contributed by atoms with Gasteiger partial charge in [-0.2, -0.15) is 0 Å². The van der Waals surface area contributed by atoms with Crippen LogP contribution in [0.1, 0.15) is 29.3 Å². The number of pyridine rings is 1. The van der Waals surface area contributed by atoms with Crippen LogP contribution >= 0.6 is 0 Å². The molecule has 0 unspecified atom stereocenters. The maximum atomic E-state index is 12.6. The van der Waals surface area contributed by atoms with Gasteiger partial charge < -0.3 is 14.6 Å². The summed E-state index contributed by atoms with van der Waals surface area (Å²) >= 11 is 0. The summed E-state index contributed by atoms with van der Waals surface area (Å²) < 4.78 is 6.87. The molecule has 1 heterocycles. The van der Waals surface area contributed by atoms with E-state index in [-0.39, 0.29) is 16.9 Å². The van der Waals surface area contributed by atoms with Crippen molar-refractivity contribution in [3.05, 3.63) is 45.7 Å². The molecule has 0 aliphatic carbocycles. The van der Waals surface area contributed by atoms with E-state index in [1.807, 2.05) is 36.6 Å². The van der Waals surface area contributed by atoms with E-state index in [9.17, 15) is 9.59 Å². The molecular weight excluding hydrogens is 280 g/mol. The van der Waals surface area contributed by atoms with Gasteiger partial charge in [0.2, 0.25) is 5.43 Å². The highest BCUT2D eigenvalue weighted by atomic mass is 16.5. The fourth-order valence-electron chi connectivity index (χ4n) is 2.45. The van der Waals surface area contributed by atoms with Crippen LogP contribution in [-0.4, -0.2) is 30.7 Å². The third-order valence-electron chi connectivity index (χ3n) is 3.63. The molecule has 5 nitrogen and oxygen atoms in total. The Labute approximate surface area is 129 Å². The van der Waals surface area contributed by atoms with Crippen molar-refractivity contribution in [2.75, 3.05) is 20.3 Å². The van der Waals surface area contributed by atoms with Gasteiger partial charge in [-0.05, 0) is 32.4 Å². The van der Waals surface area contributed by atoms with Crippen molar-refractivity contribution >= 4 is 16.8 Å². The van der Waals surface area contributed by atoms with E-state index < -0.39 is 0 Å². The Bertz CT molecular complexity index is 734. The number of amides is 1. The number of methoxy groups -OCH3 is 1. The van der Waals surface area contributed by atoms with Gasteiger partial charge in [0.05, 0.1) is 5.52 Å². The van der Waals surface area contributed by atoms with Crippen molar-refractivity contribution in [3.8, 4) is 0 Å². The standard InChI is InChI=1S/C17H22N2O3/c1-4-19-11-14(17(21)18-8-5-9-22-3)16(20)13-10-12(2)6-7-15(13)19/h6-7,10-11H,4-5,8-9H2,1-3H3,(H,18,21). The summed E-state index contributed by atoms with van der Waals surface area (Å²) in [6, 6.07) is 5.74. The maximum absolute atomic E-state index is 12.6. The van der Waals surface area contributed by atoms with Crippen LogP contribution in [0.25, 0.3) is 10.9 Å². The van der Waals surface area contributed by atoms with Gasteiger partial charge in [0, 0.05) is 38.4 Å². The predicted molar refractivity (Wildman–Crippen MR) is 87.4 cm³/mol. The quantitative estimate of drug-likeness (QED) is 0.831. The first kappa shape index (κ1) is 16.2. The SMILES string of the molecule is CCn1cc(C(=O)NCCCOC)c(=O)c2cc(C)ccc21. The number of carbonyl (C=O) groups is 1. The molecule has 0 aliphatic heterocycles. The van der Waals surface area contributed by atoms with Crippen molar-refractivity contribution in [2.24, 2.45) is 0 Å². The lowest BCUT2D eigenvalue weighted by Gasteiger charge is -2.12. The lowest BCUT2D eigenvalue weighted by Crippen LogP contribution is -2.31. The average molecular weight is 302 g/mol. The number of benzene rings is 1. The first-order chi connectivity index (χ1) is 10.6. The molecule has 2 aromatic rings. The minimum absolute atomic E-state index is 0.192. The van der Waals surface area contributed by atoms with E-state index in [0.717, 1.165) is 17.5 Å². The molecular formula is C17H22N2O3. The first-order valence-electron chi connectivity index (χ1n) is 7.49. The summed E-state index contributed by atoms with van der Waals surface area (Å²) in [5.41, 5.74) is 1.84. The number of carbonyl (C=O) groups excluding carboxylic acids is 1. The van der Waals surface area contributed by atoms with Gasteiger partial charge in [0.15, 0.2) is 0 Å². The van der Waals surface area contributed by atoms with E-state index in [0.29, 0.717) is 25.1 Å². The van der Waals surface area contributed by atoms with E-state index in [2.05, 4.69) is 5.32 Å². The molecule has 0 bridgehead atoms. The Balaban J connectivity index is 2.39. The molecule has 1 aromatic carbocycles. The molecule has 1 N–H and O–H groups in total. The van der Waals surface area contributed by atoms with E-state index in [4.69, 9.17) is 4.74 Å². The largest absolute Gasteiger partial charge is 0.385 e. The fraction of sp³-hybridized carbons (Fsp3) is 0.412. The number of hydrogen-bond donors (Lipinski definition) is 1. The molecule has 0 aliphatic rings. The number of nitrogens with zero attached hydrogens (tertiary/aromatic N) is 1. The second-order valence-corrected chi connectivity index (χ2v) is 5.28. The van der Waals surface area contributed by atoms with Gasteiger partial charge in [0.1, 0.15) is 5.56 Å². The molecule has 0 radical (unpaired) electrons.